The van der Waals surface area contributed by atoms with Crippen LogP contribution >= 0.6 is 0 Å². The Hall–Kier alpha value is -1.19. The van der Waals surface area contributed by atoms with E-state index >= 15 is 0 Å². The van der Waals surface area contributed by atoms with Crippen molar-refractivity contribution in [1.29, 1.82) is 0 Å². The van der Waals surface area contributed by atoms with Gasteiger partial charge in [-0.15, -0.1) is 0 Å². The molecule has 1 rings (SSSR count). The molecule has 0 aromatic rings. The first kappa shape index (κ1) is 14.9. The van der Waals surface area contributed by atoms with E-state index in [1.807, 2.05) is 0 Å². The zero-order chi connectivity index (χ0) is 13.9. The van der Waals surface area contributed by atoms with Gasteiger partial charge in [-0.05, 0) is 0 Å². The Morgan fingerprint density at radius 2 is 2.06 bits per heavy atom. The van der Waals surface area contributed by atoms with Crippen molar-refractivity contribution in [2.24, 2.45) is 0 Å². The molecule has 1 fully saturated rings. The van der Waals surface area contributed by atoms with Gasteiger partial charge in [0.1, 0.15) is 6.04 Å². The van der Waals surface area contributed by atoms with Crippen LogP contribution < -0.4 is 0 Å². The fourth-order valence-corrected chi connectivity index (χ4v) is 3.37. The minimum absolute atomic E-state index is 0.146. The number of methoxy groups -OCH3 is 1. The maximum absolute atomic E-state index is 11.9. The molecular weight excluding hydrogens is 266 g/mol. The molecule has 0 saturated carbocycles. The van der Waals surface area contributed by atoms with Gasteiger partial charge in [0, 0.05) is 13.0 Å². The fourth-order valence-electron chi connectivity index (χ4n) is 1.75. The van der Waals surface area contributed by atoms with E-state index < -0.39 is 39.9 Å². The average molecular weight is 281 g/mol. The van der Waals surface area contributed by atoms with Gasteiger partial charge in [0.25, 0.3) is 0 Å². The van der Waals surface area contributed by atoms with E-state index in [0.29, 0.717) is 0 Å². The quantitative estimate of drug-likeness (QED) is 0.582. The number of aliphatic hydroxyl groups is 1. The third-order valence-corrected chi connectivity index (χ3v) is 4.51. The second-order valence-electron chi connectivity index (χ2n) is 3.96. The Kier molecular flexibility index (Phi) is 4.65. The Morgan fingerprint density at radius 3 is 2.56 bits per heavy atom. The standard InChI is InChI=1S/C9H15NO7S/c1-17-8(12)2-3-18(15,16)10-5-6(11)4-7(10)9(13)14/h6-7,11H,2-5H2,1H3,(H,13,14)/t6?,7-/m0/s1. The average Bonchev–Trinajstić information content (AvgIpc) is 2.69. The van der Waals surface area contributed by atoms with Gasteiger partial charge in [0.05, 0.1) is 25.4 Å². The maximum atomic E-state index is 11.9. The summed E-state index contributed by atoms with van der Waals surface area (Å²) in [5, 5.41) is 18.2. The van der Waals surface area contributed by atoms with Crippen molar-refractivity contribution in [2.75, 3.05) is 19.4 Å². The monoisotopic (exact) mass is 281 g/mol. The van der Waals surface area contributed by atoms with Crippen molar-refractivity contribution in [3.63, 3.8) is 0 Å². The molecule has 104 valence electrons. The highest BCUT2D eigenvalue weighted by atomic mass is 32.2. The molecule has 9 heteroatoms. The number of rotatable bonds is 5. The summed E-state index contributed by atoms with van der Waals surface area (Å²) >= 11 is 0. The van der Waals surface area contributed by atoms with Crippen LogP contribution in [0.5, 0.6) is 0 Å². The number of ether oxygens (including phenoxy) is 1. The lowest BCUT2D eigenvalue weighted by Crippen LogP contribution is -2.42. The highest BCUT2D eigenvalue weighted by Gasteiger charge is 2.42. The summed E-state index contributed by atoms with van der Waals surface area (Å²) in [5.41, 5.74) is 0. The number of β-amino-alcohol motifs (C(OH)–C–C–N with tert-alkyl or cyclic N) is 1. The van der Waals surface area contributed by atoms with E-state index in [2.05, 4.69) is 4.74 Å². The van der Waals surface area contributed by atoms with Crippen LogP contribution in [-0.4, -0.2) is 66.4 Å². The normalized spacial score (nSPS) is 25.0. The molecule has 1 unspecified atom stereocenters. The second kappa shape index (κ2) is 5.63. The number of carbonyl (C=O) groups excluding carboxylic acids is 1. The Bertz CT molecular complexity index is 432. The zero-order valence-electron chi connectivity index (χ0n) is 9.77. The lowest BCUT2D eigenvalue weighted by atomic mass is 10.2. The van der Waals surface area contributed by atoms with E-state index in [1.165, 1.54) is 0 Å². The summed E-state index contributed by atoms with van der Waals surface area (Å²) in [6.07, 6.45) is -1.50. The van der Waals surface area contributed by atoms with Gasteiger partial charge in [-0.25, -0.2) is 8.42 Å². The zero-order valence-corrected chi connectivity index (χ0v) is 10.6. The Labute approximate surface area is 104 Å². The van der Waals surface area contributed by atoms with E-state index in [0.717, 1.165) is 11.4 Å². The van der Waals surface area contributed by atoms with Gasteiger partial charge in [0.2, 0.25) is 10.0 Å². The third kappa shape index (κ3) is 3.40. The van der Waals surface area contributed by atoms with E-state index in [4.69, 9.17) is 5.11 Å². The molecule has 0 amide bonds. The van der Waals surface area contributed by atoms with E-state index in [9.17, 15) is 23.1 Å². The van der Waals surface area contributed by atoms with Gasteiger partial charge in [-0.3, -0.25) is 9.59 Å². The summed E-state index contributed by atoms with van der Waals surface area (Å²) in [7, 11) is -2.77. The van der Waals surface area contributed by atoms with E-state index in [1.54, 1.807) is 0 Å². The summed E-state index contributed by atoms with van der Waals surface area (Å²) in [6.45, 7) is -0.263. The summed E-state index contributed by atoms with van der Waals surface area (Å²) < 4.78 is 28.8. The van der Waals surface area contributed by atoms with Crippen LogP contribution in [0.3, 0.4) is 0 Å². The number of nitrogens with zero attached hydrogens (tertiary/aromatic N) is 1. The highest BCUT2D eigenvalue weighted by molar-refractivity contribution is 7.89. The van der Waals surface area contributed by atoms with Crippen LogP contribution in [-0.2, 0) is 24.3 Å². The van der Waals surface area contributed by atoms with Crippen LogP contribution in [0, 0.1) is 0 Å². The molecule has 0 spiro atoms. The molecule has 0 bridgehead atoms. The molecule has 1 saturated heterocycles. The topological polar surface area (TPSA) is 121 Å². The first-order valence-corrected chi connectivity index (χ1v) is 6.86. The molecule has 1 aliphatic heterocycles. The lowest BCUT2D eigenvalue weighted by molar-refractivity contribution is -0.141. The molecule has 0 radical (unpaired) electrons. The first-order valence-electron chi connectivity index (χ1n) is 5.25. The molecule has 1 heterocycles. The Balaban J connectivity index is 2.77. The number of sulfonamides is 1. The number of aliphatic hydroxyl groups excluding tert-OH is 1. The minimum atomic E-state index is -3.90. The van der Waals surface area contributed by atoms with Gasteiger partial charge in [-0.2, -0.15) is 4.31 Å². The summed E-state index contributed by atoms with van der Waals surface area (Å²) in [6, 6.07) is -1.28. The number of hydrogen-bond donors (Lipinski definition) is 2. The van der Waals surface area contributed by atoms with Gasteiger partial charge < -0.3 is 14.9 Å². The highest BCUT2D eigenvalue weighted by Crippen LogP contribution is 2.22. The van der Waals surface area contributed by atoms with Gasteiger partial charge >= 0.3 is 11.9 Å². The van der Waals surface area contributed by atoms with E-state index in [-0.39, 0.29) is 19.4 Å². The van der Waals surface area contributed by atoms with Crippen LogP contribution in [0.15, 0.2) is 0 Å². The van der Waals surface area contributed by atoms with Crippen molar-refractivity contribution in [2.45, 2.75) is 25.0 Å². The van der Waals surface area contributed by atoms with Crippen LogP contribution in [0.4, 0.5) is 0 Å². The van der Waals surface area contributed by atoms with Crippen molar-refractivity contribution in [3.8, 4) is 0 Å². The van der Waals surface area contributed by atoms with Crippen molar-refractivity contribution < 1.29 is 33.0 Å². The number of hydrogen-bond acceptors (Lipinski definition) is 6. The van der Waals surface area contributed by atoms with Crippen molar-refractivity contribution in [3.05, 3.63) is 0 Å². The van der Waals surface area contributed by atoms with Crippen molar-refractivity contribution >= 4 is 22.0 Å². The second-order valence-corrected chi connectivity index (χ2v) is 6.00. The summed E-state index contributed by atoms with van der Waals surface area (Å²) in [4.78, 5) is 21.8. The van der Waals surface area contributed by atoms with Gasteiger partial charge in [0.15, 0.2) is 0 Å². The number of carboxylic acids is 1. The molecule has 18 heavy (non-hydrogen) atoms. The predicted molar refractivity (Wildman–Crippen MR) is 59.2 cm³/mol. The molecule has 0 aromatic carbocycles. The van der Waals surface area contributed by atoms with Crippen LogP contribution in [0.25, 0.3) is 0 Å². The number of aliphatic carboxylic acids is 1. The number of esters is 1. The molecule has 2 N–H and O–H groups in total. The third-order valence-electron chi connectivity index (χ3n) is 2.67. The SMILES string of the molecule is COC(=O)CCS(=O)(=O)N1CC(O)C[C@H]1C(=O)O. The number of carbonyl (C=O) groups is 2. The van der Waals surface area contributed by atoms with Crippen molar-refractivity contribution in [1.82, 2.24) is 4.31 Å². The van der Waals surface area contributed by atoms with Crippen LogP contribution in [0.2, 0.25) is 0 Å². The largest absolute Gasteiger partial charge is 0.480 e. The summed E-state index contributed by atoms with van der Waals surface area (Å²) in [5.74, 6) is -2.53. The molecular formula is C9H15NO7S. The number of carboxylic acid groups (broad SMARTS) is 1. The fraction of sp³-hybridized carbons (Fsp3) is 0.778. The Morgan fingerprint density at radius 1 is 1.44 bits per heavy atom. The lowest BCUT2D eigenvalue weighted by Gasteiger charge is -2.20. The first-order chi connectivity index (χ1) is 8.27. The smallest absolute Gasteiger partial charge is 0.322 e. The van der Waals surface area contributed by atoms with Crippen LogP contribution in [0.1, 0.15) is 12.8 Å². The minimum Gasteiger partial charge on any atom is -0.480 e. The van der Waals surface area contributed by atoms with Gasteiger partial charge in [-0.1, -0.05) is 0 Å². The maximum Gasteiger partial charge on any atom is 0.322 e. The molecule has 0 aliphatic carbocycles. The molecule has 2 atom stereocenters. The molecule has 1 aliphatic rings. The molecule has 0 aromatic heterocycles. The predicted octanol–water partition coefficient (Wildman–Crippen LogP) is -1.60. The molecule has 8 nitrogen and oxygen atoms in total.